The molecule has 0 saturated carbocycles. The smallest absolute Gasteiger partial charge is 0.338 e. The van der Waals surface area contributed by atoms with Crippen LogP contribution >= 0.6 is 0 Å². The summed E-state index contributed by atoms with van der Waals surface area (Å²) < 4.78 is 25.9. The molecule has 5 atom stereocenters. The van der Waals surface area contributed by atoms with Crippen molar-refractivity contribution < 1.29 is 48.0 Å². The Morgan fingerprint density at radius 2 is 1.61 bits per heavy atom. The van der Waals surface area contributed by atoms with Crippen molar-refractivity contribution in [2.24, 2.45) is 0 Å². The highest BCUT2D eigenvalue weighted by atomic mass is 16.7. The molecule has 2 rings (SSSR count). The summed E-state index contributed by atoms with van der Waals surface area (Å²) in [6.45, 7) is 2.20. The number of methoxy groups -OCH3 is 1. The van der Waals surface area contributed by atoms with Crippen LogP contribution in [0.2, 0.25) is 0 Å². The van der Waals surface area contributed by atoms with E-state index in [9.17, 15) is 24.3 Å². The van der Waals surface area contributed by atoms with Gasteiger partial charge in [0.15, 0.2) is 12.2 Å². The Kier molecular flexibility index (Phi) is 7.07. The molecule has 1 saturated heterocycles. The van der Waals surface area contributed by atoms with Crippen LogP contribution in [0, 0.1) is 0 Å². The predicted molar refractivity (Wildman–Crippen MR) is 90.2 cm³/mol. The fourth-order valence-electron chi connectivity index (χ4n) is 2.63. The van der Waals surface area contributed by atoms with Crippen molar-refractivity contribution in [1.29, 1.82) is 0 Å². The first kappa shape index (κ1) is 21.3. The summed E-state index contributed by atoms with van der Waals surface area (Å²) in [5.41, 5.74) is 0.397. The number of rotatable bonds is 6. The number of ether oxygens (including phenoxy) is 5. The molecule has 28 heavy (non-hydrogen) atoms. The molecule has 152 valence electrons. The first-order valence-electron chi connectivity index (χ1n) is 8.24. The summed E-state index contributed by atoms with van der Waals surface area (Å²) >= 11 is 0. The molecule has 1 N–H and O–H groups in total. The predicted octanol–water partition coefficient (Wildman–Crippen LogP) is 0.0001000. The molecule has 10 heteroatoms. The molecule has 0 bridgehead atoms. The van der Waals surface area contributed by atoms with Crippen LogP contribution in [-0.4, -0.2) is 67.1 Å². The maximum Gasteiger partial charge on any atom is 0.338 e. The Labute approximate surface area is 160 Å². The molecule has 10 nitrogen and oxygen atoms in total. The lowest BCUT2D eigenvalue weighted by Gasteiger charge is -2.41. The van der Waals surface area contributed by atoms with E-state index in [4.69, 9.17) is 18.9 Å². The van der Waals surface area contributed by atoms with E-state index in [0.717, 1.165) is 21.0 Å². The van der Waals surface area contributed by atoms with Gasteiger partial charge in [0, 0.05) is 19.4 Å². The van der Waals surface area contributed by atoms with Crippen molar-refractivity contribution in [3.05, 3.63) is 29.8 Å². The molecule has 1 heterocycles. The second kappa shape index (κ2) is 9.29. The van der Waals surface area contributed by atoms with Gasteiger partial charge in [0.1, 0.15) is 18.1 Å². The van der Waals surface area contributed by atoms with E-state index in [1.807, 2.05) is 0 Å². The third-order valence-corrected chi connectivity index (χ3v) is 3.83. The molecule has 0 aromatic heterocycles. The summed E-state index contributed by atoms with van der Waals surface area (Å²) in [4.78, 5) is 45.7. The van der Waals surface area contributed by atoms with Crippen LogP contribution in [0.25, 0.3) is 0 Å². The molecule has 1 aliphatic heterocycles. The summed E-state index contributed by atoms with van der Waals surface area (Å²) in [6, 6.07) is 5.86. The lowest BCUT2D eigenvalue weighted by Crippen LogP contribution is -2.63. The van der Waals surface area contributed by atoms with Crippen molar-refractivity contribution in [2.45, 2.75) is 44.6 Å². The number of carbonyl (C=O) groups is 4. The van der Waals surface area contributed by atoms with Crippen molar-refractivity contribution in [2.75, 3.05) is 7.11 Å². The number of aliphatic hydroxyl groups excluding tert-OH is 1. The minimum absolute atomic E-state index is 0.217. The third-order valence-electron chi connectivity index (χ3n) is 3.83. The van der Waals surface area contributed by atoms with E-state index < -0.39 is 48.6 Å². The zero-order chi connectivity index (χ0) is 20.8. The van der Waals surface area contributed by atoms with Crippen molar-refractivity contribution in [3.8, 4) is 5.75 Å². The van der Waals surface area contributed by atoms with Gasteiger partial charge in [0.05, 0.1) is 7.11 Å². The molecule has 1 aromatic rings. The van der Waals surface area contributed by atoms with Gasteiger partial charge in [0.25, 0.3) is 0 Å². The number of benzene rings is 1. The Morgan fingerprint density at radius 3 is 2.11 bits per heavy atom. The maximum atomic E-state index is 12.0. The molecule has 0 radical (unpaired) electrons. The monoisotopic (exact) mass is 396 g/mol. The molecule has 1 aliphatic rings. The highest BCUT2D eigenvalue weighted by Gasteiger charge is 2.53. The number of hydrogen-bond donors (Lipinski definition) is 1. The van der Waals surface area contributed by atoms with Crippen LogP contribution in [-0.2, 0) is 33.3 Å². The zero-order valence-electron chi connectivity index (χ0n) is 15.4. The van der Waals surface area contributed by atoms with Crippen LogP contribution in [0.15, 0.2) is 24.3 Å². The zero-order valence-corrected chi connectivity index (χ0v) is 15.4. The number of aliphatic hydroxyl groups is 1. The van der Waals surface area contributed by atoms with Crippen molar-refractivity contribution in [1.82, 2.24) is 0 Å². The van der Waals surface area contributed by atoms with Gasteiger partial charge in [-0.2, -0.15) is 0 Å². The molecule has 0 spiro atoms. The molecule has 1 aromatic carbocycles. The Bertz CT molecular complexity index is 728. The van der Waals surface area contributed by atoms with E-state index in [1.54, 1.807) is 0 Å². The van der Waals surface area contributed by atoms with E-state index in [2.05, 4.69) is 4.74 Å². The fraction of sp³-hybridized carbons (Fsp3) is 0.444. The minimum Gasteiger partial charge on any atom is -0.467 e. The van der Waals surface area contributed by atoms with Gasteiger partial charge in [-0.15, -0.1) is 0 Å². The average Bonchev–Trinajstić information content (AvgIpc) is 2.66. The molecular weight excluding hydrogens is 376 g/mol. The largest absolute Gasteiger partial charge is 0.467 e. The lowest BCUT2D eigenvalue weighted by molar-refractivity contribution is -0.279. The third kappa shape index (κ3) is 5.05. The molecular formula is C18H20O10. The number of aldehydes is 1. The van der Waals surface area contributed by atoms with Gasteiger partial charge in [-0.05, 0) is 24.3 Å². The van der Waals surface area contributed by atoms with Gasteiger partial charge in [-0.25, -0.2) is 4.79 Å². The summed E-state index contributed by atoms with van der Waals surface area (Å²) in [5.74, 6) is -2.25. The molecule has 0 amide bonds. The van der Waals surface area contributed by atoms with Gasteiger partial charge >= 0.3 is 17.9 Å². The quantitative estimate of drug-likeness (QED) is 0.398. The second-order valence-electron chi connectivity index (χ2n) is 5.89. The van der Waals surface area contributed by atoms with Gasteiger partial charge in [-0.3, -0.25) is 14.4 Å². The normalized spacial score (nSPS) is 26.6. The van der Waals surface area contributed by atoms with E-state index in [0.29, 0.717) is 11.8 Å². The summed E-state index contributed by atoms with van der Waals surface area (Å²) in [5, 5.41) is 10.4. The SMILES string of the molecule is COC(=O)[C@H]1O[C@@H](Oc2ccc(C=O)cc2)[C@H](OC(C)=O)[C@@H](OC(C)=O)[C@@H]1O. The fourth-order valence-corrected chi connectivity index (χ4v) is 2.63. The Morgan fingerprint density at radius 1 is 1.04 bits per heavy atom. The molecule has 1 fully saturated rings. The van der Waals surface area contributed by atoms with Crippen LogP contribution in [0.1, 0.15) is 24.2 Å². The van der Waals surface area contributed by atoms with Crippen LogP contribution in [0.4, 0.5) is 0 Å². The van der Waals surface area contributed by atoms with Crippen molar-refractivity contribution in [3.63, 3.8) is 0 Å². The van der Waals surface area contributed by atoms with Crippen LogP contribution in [0.5, 0.6) is 5.75 Å². The van der Waals surface area contributed by atoms with Gasteiger partial charge in [-0.1, -0.05) is 0 Å². The van der Waals surface area contributed by atoms with E-state index in [1.165, 1.54) is 24.3 Å². The Balaban J connectivity index is 2.36. The number of carbonyl (C=O) groups excluding carboxylic acids is 4. The first-order chi connectivity index (χ1) is 13.3. The van der Waals surface area contributed by atoms with E-state index >= 15 is 0 Å². The second-order valence-corrected chi connectivity index (χ2v) is 5.89. The first-order valence-corrected chi connectivity index (χ1v) is 8.24. The van der Waals surface area contributed by atoms with Gasteiger partial charge < -0.3 is 28.8 Å². The highest BCUT2D eigenvalue weighted by molar-refractivity contribution is 5.76. The summed E-state index contributed by atoms with van der Waals surface area (Å²) in [6.07, 6.45) is -6.81. The van der Waals surface area contributed by atoms with Crippen molar-refractivity contribution >= 4 is 24.2 Å². The minimum atomic E-state index is -1.67. The average molecular weight is 396 g/mol. The number of esters is 3. The number of hydrogen-bond acceptors (Lipinski definition) is 10. The van der Waals surface area contributed by atoms with Gasteiger partial charge in [0.2, 0.25) is 12.4 Å². The molecule has 0 unspecified atom stereocenters. The summed E-state index contributed by atoms with van der Waals surface area (Å²) in [7, 11) is 1.09. The van der Waals surface area contributed by atoms with E-state index in [-0.39, 0.29) is 5.75 Å². The lowest BCUT2D eigenvalue weighted by atomic mass is 9.98. The highest BCUT2D eigenvalue weighted by Crippen LogP contribution is 2.29. The van der Waals surface area contributed by atoms with Crippen LogP contribution < -0.4 is 4.74 Å². The topological polar surface area (TPSA) is 135 Å². The standard InChI is InChI=1S/C18H20O10/c1-9(20)25-14-13(22)15(17(23)24-3)28-18(16(14)26-10(2)21)27-12-6-4-11(8-19)5-7-12/h4-8,13-16,18,22H,1-3H3/t13-,14-,15-,16+,18+/m0/s1. The maximum absolute atomic E-state index is 12.0. The molecule has 0 aliphatic carbocycles. The Hall–Kier alpha value is -2.98. The van der Waals surface area contributed by atoms with Crippen LogP contribution in [0.3, 0.4) is 0 Å².